The molecule has 0 spiro atoms. The van der Waals surface area contributed by atoms with Crippen molar-refractivity contribution in [2.24, 2.45) is 0 Å². The molecule has 4 amide bonds. The molecule has 4 aliphatic rings. The van der Waals surface area contributed by atoms with Gasteiger partial charge in [0, 0.05) is 43.1 Å². The van der Waals surface area contributed by atoms with E-state index in [1.165, 1.54) is 13.8 Å². The third-order valence-corrected chi connectivity index (χ3v) is 18.8. The Morgan fingerprint density at radius 2 is 0.550 bits per heavy atom. The summed E-state index contributed by atoms with van der Waals surface area (Å²) in [6, 6.07) is 72.4. The number of carbonyl (C=O) groups is 6. The maximum Gasteiger partial charge on any atom is 0.329 e. The zero-order chi connectivity index (χ0) is 67.9. The molecular weight excluding hydrogens is 1260 g/mol. The van der Waals surface area contributed by atoms with Gasteiger partial charge in [-0.25, -0.2) is 9.59 Å². The Balaban J connectivity index is 0.986. The van der Waals surface area contributed by atoms with Crippen LogP contribution in [0.25, 0.3) is 87.6 Å². The minimum atomic E-state index is -1.44. The van der Waals surface area contributed by atoms with Gasteiger partial charge in [0.1, 0.15) is 83.5 Å². The first kappa shape index (κ1) is 61.1. The van der Waals surface area contributed by atoms with Gasteiger partial charge in [0.2, 0.25) is 0 Å². The van der Waals surface area contributed by atoms with Crippen LogP contribution in [0, 0.1) is 0 Å². The topological polar surface area (TPSA) is 189 Å². The molecule has 0 radical (unpaired) electrons. The van der Waals surface area contributed by atoms with Crippen molar-refractivity contribution in [3.05, 3.63) is 265 Å². The zero-order valence-electron chi connectivity index (χ0n) is 53.8. The van der Waals surface area contributed by atoms with Crippen LogP contribution in [0.15, 0.2) is 243 Å². The summed E-state index contributed by atoms with van der Waals surface area (Å²) in [5, 5.41) is 1.93. The van der Waals surface area contributed by atoms with Crippen molar-refractivity contribution in [3.8, 4) is 90.5 Å². The second kappa shape index (κ2) is 24.9. The van der Waals surface area contributed by atoms with Crippen LogP contribution >= 0.6 is 0 Å². The summed E-state index contributed by atoms with van der Waals surface area (Å²) in [4.78, 5) is 93.8. The number of rotatable bonds is 20. The predicted octanol–water partition coefficient (Wildman–Crippen LogP) is 17.4. The number of hydrogen-bond donors (Lipinski definition) is 0. The molecule has 13 aromatic rings. The van der Waals surface area contributed by atoms with Crippen molar-refractivity contribution in [3.63, 3.8) is 0 Å². The summed E-state index contributed by atoms with van der Waals surface area (Å²) in [5.74, 6) is -3.39. The fraction of sp³-hybridized carbons (Fsp3) is 0.119. The molecule has 16 nitrogen and oxygen atoms in total. The molecule has 100 heavy (non-hydrogen) atoms. The van der Waals surface area contributed by atoms with Gasteiger partial charge in [0.05, 0.1) is 35.5 Å². The second-order valence-corrected chi connectivity index (χ2v) is 25.1. The van der Waals surface area contributed by atoms with Crippen LogP contribution in [-0.4, -0.2) is 96.1 Å². The lowest BCUT2D eigenvalue weighted by Gasteiger charge is -2.34. The van der Waals surface area contributed by atoms with E-state index in [1.807, 2.05) is 170 Å². The molecule has 0 bridgehead atoms. The zero-order valence-corrected chi connectivity index (χ0v) is 53.8. The Kier molecular flexibility index (Phi) is 15.2. The summed E-state index contributed by atoms with van der Waals surface area (Å²) in [6.45, 7) is 3.53. The Bertz CT molecular complexity index is 4810. The first-order valence-corrected chi connectivity index (χ1v) is 32.9. The van der Waals surface area contributed by atoms with Gasteiger partial charge in [0.25, 0.3) is 23.6 Å². The van der Waals surface area contributed by atoms with Gasteiger partial charge >= 0.3 is 11.9 Å². The van der Waals surface area contributed by atoms with Gasteiger partial charge in [-0.3, -0.25) is 29.0 Å². The number of esters is 2. The Morgan fingerprint density at radius 1 is 0.330 bits per heavy atom. The van der Waals surface area contributed by atoms with E-state index in [9.17, 15) is 9.59 Å². The second-order valence-electron chi connectivity index (χ2n) is 25.1. The Hall–Kier alpha value is -12.5. The molecule has 17 rings (SSSR count). The minimum Gasteiger partial charge on any atom is -0.461 e. The van der Waals surface area contributed by atoms with Gasteiger partial charge in [-0.2, -0.15) is 0 Å². The summed E-state index contributed by atoms with van der Waals surface area (Å²) < 4.78 is 51.1. The highest BCUT2D eigenvalue weighted by Gasteiger charge is 2.46. The van der Waals surface area contributed by atoms with Gasteiger partial charge in [-0.15, -0.1) is 0 Å². The summed E-state index contributed by atoms with van der Waals surface area (Å²) in [5.41, 5.74) is 7.29. The molecule has 0 saturated carbocycles. The number of carbonyl (C=O) groups excluding carboxylic acids is 6. The lowest BCUT2D eigenvalue weighted by molar-refractivity contribution is -0.148. The number of hydrogen-bond acceptors (Lipinski definition) is 14. The van der Waals surface area contributed by atoms with E-state index in [4.69, 9.17) is 37.9 Å². The van der Waals surface area contributed by atoms with Gasteiger partial charge < -0.3 is 37.9 Å². The van der Waals surface area contributed by atoms with Crippen LogP contribution < -0.4 is 18.9 Å². The SMILES string of the molecule is CC(C(=O)OCC1CO1)N1C(=O)c2cc(Oc3ccc(-c4ccccc4)cc3)c3c4c(Oc5ccc(-c6ccccc6)cc5)cc5c6c(cc(Oc7ccc(-c8ccccc8)cc7)c(c7c(Oc8ccc(-c9ccccc9)cc8)cc(c2c37)C1=O)c64)C(=O)N(C(C)C(=O)OCC1CO1)C5=O. The maximum atomic E-state index is 15.9. The average molecular weight is 1320 g/mol. The Morgan fingerprint density at radius 3 is 0.770 bits per heavy atom. The van der Waals surface area contributed by atoms with Gasteiger partial charge in [-0.1, -0.05) is 170 Å². The smallest absolute Gasteiger partial charge is 0.329 e. The molecule has 0 aliphatic carbocycles. The minimum absolute atomic E-state index is 0.0171. The van der Waals surface area contributed by atoms with Gasteiger partial charge in [0.15, 0.2) is 0 Å². The van der Waals surface area contributed by atoms with Gasteiger partial charge in [-0.05, 0) is 131 Å². The molecule has 488 valence electrons. The highest BCUT2D eigenvalue weighted by Crippen LogP contribution is 2.58. The van der Waals surface area contributed by atoms with Crippen LogP contribution in [0.3, 0.4) is 0 Å². The molecule has 4 unspecified atom stereocenters. The molecule has 4 heterocycles. The highest BCUT2D eigenvalue weighted by molar-refractivity contribution is 6.45. The molecule has 2 fully saturated rings. The first-order valence-electron chi connectivity index (χ1n) is 32.9. The van der Waals surface area contributed by atoms with Crippen LogP contribution in [-0.2, 0) is 28.5 Å². The largest absolute Gasteiger partial charge is 0.461 e. The van der Waals surface area contributed by atoms with E-state index >= 15 is 19.2 Å². The van der Waals surface area contributed by atoms with Crippen molar-refractivity contribution in [2.45, 2.75) is 38.1 Å². The monoisotopic (exact) mass is 1320 g/mol. The number of benzene rings is 13. The molecule has 16 heteroatoms. The van der Waals surface area contributed by atoms with E-state index in [0.717, 1.165) is 54.3 Å². The van der Waals surface area contributed by atoms with E-state index in [1.54, 1.807) is 72.8 Å². The van der Waals surface area contributed by atoms with E-state index in [2.05, 4.69) is 0 Å². The standard InChI is InChI=1S/C84H58N2O14/c1-47(83(91)95-45-61-43-93-61)85-79(87)63-39-67(97-57-31-23-53(24-32-57)49-15-7-3-8-16-49)73-75-69(99-59-35-27-55(28-36-59)51-19-11-5-12-20-51)41-65-72-66(82(90)86(81(65)89)48(2)84(92)96-46-62-44-94-62)42-70(100-60-37-29-56(30-38-60)52-21-13-6-14-22-52)76(78(72)75)74-68(40-64(80(85)88)71(63)77(73)74)98-58-33-25-54(26-34-58)50-17-9-4-10-18-50/h3-42,47-48,61-62H,43-46H2,1-2H3. The fourth-order valence-electron chi connectivity index (χ4n) is 13.6. The molecule has 13 aromatic carbocycles. The lowest BCUT2D eigenvalue weighted by Crippen LogP contribution is -2.50. The fourth-order valence-corrected chi connectivity index (χ4v) is 13.6. The number of nitrogens with zero attached hydrogens (tertiary/aromatic N) is 2. The number of ether oxygens (including phenoxy) is 8. The van der Waals surface area contributed by atoms with E-state index in [-0.39, 0.29) is 114 Å². The van der Waals surface area contributed by atoms with E-state index in [0.29, 0.717) is 36.2 Å². The summed E-state index contributed by atoms with van der Waals surface area (Å²) in [6.07, 6.45) is -0.616. The molecule has 4 aliphatic heterocycles. The number of epoxide rings is 2. The van der Waals surface area contributed by atoms with Crippen molar-refractivity contribution in [2.75, 3.05) is 26.4 Å². The molecule has 0 aromatic heterocycles. The molecular formula is C84H58N2O14. The Labute approximate surface area is 572 Å². The number of amides is 4. The lowest BCUT2D eigenvalue weighted by atomic mass is 9.80. The first-order chi connectivity index (χ1) is 48.9. The van der Waals surface area contributed by atoms with E-state index < -0.39 is 47.7 Å². The third kappa shape index (κ3) is 11.0. The third-order valence-electron chi connectivity index (χ3n) is 18.8. The summed E-state index contributed by atoms with van der Waals surface area (Å²) >= 11 is 0. The van der Waals surface area contributed by atoms with Crippen molar-refractivity contribution >= 4 is 78.7 Å². The van der Waals surface area contributed by atoms with Crippen LogP contribution in [0.5, 0.6) is 46.0 Å². The predicted molar refractivity (Wildman–Crippen MR) is 377 cm³/mol. The van der Waals surface area contributed by atoms with Crippen molar-refractivity contribution in [1.29, 1.82) is 0 Å². The van der Waals surface area contributed by atoms with Crippen LogP contribution in [0.2, 0.25) is 0 Å². The number of fused-ring (bicyclic) bond motifs is 2. The van der Waals surface area contributed by atoms with Crippen LogP contribution in [0.4, 0.5) is 0 Å². The van der Waals surface area contributed by atoms with Crippen molar-refractivity contribution < 1.29 is 66.7 Å². The molecule has 2 saturated heterocycles. The number of imide groups is 2. The molecule has 4 atom stereocenters. The highest BCUT2D eigenvalue weighted by atomic mass is 16.6. The average Bonchev–Trinajstić information content (AvgIpc) is 0.989. The maximum absolute atomic E-state index is 15.9. The molecule has 0 N–H and O–H groups in total. The van der Waals surface area contributed by atoms with Crippen molar-refractivity contribution in [1.82, 2.24) is 9.80 Å². The summed E-state index contributed by atoms with van der Waals surface area (Å²) in [7, 11) is 0. The quantitative estimate of drug-likeness (QED) is 0.0230. The van der Waals surface area contributed by atoms with Crippen LogP contribution in [0.1, 0.15) is 55.3 Å². The normalized spacial score (nSPS) is 15.9.